The molecule has 0 radical (unpaired) electrons. The predicted octanol–water partition coefficient (Wildman–Crippen LogP) is 2.47. The van der Waals surface area contributed by atoms with Crippen molar-refractivity contribution in [2.24, 2.45) is 0 Å². The third kappa shape index (κ3) is 3.01. The van der Waals surface area contributed by atoms with Gasteiger partial charge in [-0.15, -0.1) is 0 Å². The monoisotopic (exact) mass is 342 g/mol. The number of aryl methyl sites for hydroxylation is 1. The van der Waals surface area contributed by atoms with Crippen molar-refractivity contribution in [3.05, 3.63) is 40.7 Å². The molecule has 7 heteroatoms. The molecule has 6 nitrogen and oxygen atoms in total. The van der Waals surface area contributed by atoms with Gasteiger partial charge in [-0.3, -0.25) is 14.2 Å². The van der Waals surface area contributed by atoms with Crippen LogP contribution in [-0.2, 0) is 11.3 Å². The molecule has 0 spiro atoms. The molecule has 0 saturated heterocycles. The number of fused-ring (bicyclic) bond motifs is 3. The van der Waals surface area contributed by atoms with Crippen LogP contribution in [0.25, 0.3) is 21.9 Å². The maximum Gasteiger partial charge on any atom is 0.277 e. The molecule has 1 aliphatic rings. The molecule has 0 aliphatic heterocycles. The van der Waals surface area contributed by atoms with E-state index in [2.05, 4.69) is 15.3 Å². The summed E-state index contributed by atoms with van der Waals surface area (Å²) >= 11 is 0. The van der Waals surface area contributed by atoms with Crippen LogP contribution in [-0.4, -0.2) is 26.5 Å². The van der Waals surface area contributed by atoms with E-state index in [4.69, 9.17) is 0 Å². The highest BCUT2D eigenvalue weighted by Crippen LogP contribution is 2.22. The standard InChI is InChI=1S/C18H19FN4O2/c19-11-5-6-14-13(9-11)16-17(22-14)18(25)23(10-20-16)8-7-15(24)21-12-3-1-2-4-12/h5-6,9-10,12,22H,1-4,7-8H2,(H,21,24). The Morgan fingerprint density at radius 3 is 2.96 bits per heavy atom. The average molecular weight is 342 g/mol. The van der Waals surface area contributed by atoms with Gasteiger partial charge >= 0.3 is 0 Å². The van der Waals surface area contributed by atoms with E-state index in [9.17, 15) is 14.0 Å². The van der Waals surface area contributed by atoms with Gasteiger partial charge in [0, 0.05) is 29.9 Å². The molecule has 1 fully saturated rings. The number of halogens is 1. The van der Waals surface area contributed by atoms with Gasteiger partial charge in [0.05, 0.1) is 6.33 Å². The van der Waals surface area contributed by atoms with Crippen molar-refractivity contribution in [1.82, 2.24) is 19.9 Å². The van der Waals surface area contributed by atoms with Crippen LogP contribution in [0.3, 0.4) is 0 Å². The number of aromatic nitrogens is 3. The minimum Gasteiger partial charge on any atom is -0.353 e. The minimum absolute atomic E-state index is 0.0439. The summed E-state index contributed by atoms with van der Waals surface area (Å²) in [6.07, 6.45) is 6.04. The van der Waals surface area contributed by atoms with Gasteiger partial charge in [-0.1, -0.05) is 12.8 Å². The molecule has 0 atom stereocenters. The number of benzene rings is 1. The first kappa shape index (κ1) is 15.8. The average Bonchev–Trinajstić information content (AvgIpc) is 3.22. The number of amides is 1. The second kappa shape index (κ2) is 6.31. The molecule has 2 heterocycles. The van der Waals surface area contributed by atoms with Crippen LogP contribution in [0.15, 0.2) is 29.3 Å². The molecular formula is C18H19FN4O2. The highest BCUT2D eigenvalue weighted by molar-refractivity contribution is 6.04. The summed E-state index contributed by atoms with van der Waals surface area (Å²) in [7, 11) is 0. The normalized spacial score (nSPS) is 15.2. The van der Waals surface area contributed by atoms with Crippen molar-refractivity contribution in [3.8, 4) is 0 Å². The molecular weight excluding hydrogens is 323 g/mol. The molecule has 1 saturated carbocycles. The molecule has 1 aliphatic carbocycles. The van der Waals surface area contributed by atoms with Gasteiger partial charge in [-0.25, -0.2) is 9.37 Å². The lowest BCUT2D eigenvalue weighted by molar-refractivity contribution is -0.122. The SMILES string of the molecule is O=C(CCn1cnc2c([nH]c3ccc(F)cc32)c1=O)NC1CCCC1. The summed E-state index contributed by atoms with van der Waals surface area (Å²) in [5.41, 5.74) is 1.19. The van der Waals surface area contributed by atoms with Crippen molar-refractivity contribution < 1.29 is 9.18 Å². The van der Waals surface area contributed by atoms with E-state index in [1.54, 1.807) is 6.07 Å². The molecule has 1 amide bonds. The molecule has 0 bridgehead atoms. The lowest BCUT2D eigenvalue weighted by Gasteiger charge is -2.12. The Balaban J connectivity index is 1.56. The Bertz CT molecular complexity index is 1000. The van der Waals surface area contributed by atoms with Crippen molar-refractivity contribution in [2.75, 3.05) is 0 Å². The third-order valence-corrected chi connectivity index (χ3v) is 4.83. The quantitative estimate of drug-likeness (QED) is 0.764. The Morgan fingerprint density at radius 1 is 1.36 bits per heavy atom. The molecule has 130 valence electrons. The van der Waals surface area contributed by atoms with Gasteiger partial charge in [0.15, 0.2) is 0 Å². The zero-order valence-corrected chi connectivity index (χ0v) is 13.7. The van der Waals surface area contributed by atoms with Crippen molar-refractivity contribution in [2.45, 2.75) is 44.7 Å². The first-order valence-corrected chi connectivity index (χ1v) is 8.57. The summed E-state index contributed by atoms with van der Waals surface area (Å²) in [5.74, 6) is -0.416. The van der Waals surface area contributed by atoms with Crippen LogP contribution in [0.1, 0.15) is 32.1 Å². The molecule has 2 N–H and O–H groups in total. The van der Waals surface area contributed by atoms with Gasteiger partial charge in [0.2, 0.25) is 5.91 Å². The number of nitrogens with one attached hydrogen (secondary N) is 2. The van der Waals surface area contributed by atoms with Crippen LogP contribution >= 0.6 is 0 Å². The fourth-order valence-electron chi connectivity index (χ4n) is 3.51. The van der Waals surface area contributed by atoms with E-state index in [1.165, 1.54) is 23.0 Å². The van der Waals surface area contributed by atoms with Crippen LogP contribution in [0.5, 0.6) is 0 Å². The van der Waals surface area contributed by atoms with Gasteiger partial charge in [-0.05, 0) is 31.0 Å². The maximum atomic E-state index is 13.4. The lowest BCUT2D eigenvalue weighted by Crippen LogP contribution is -2.34. The predicted molar refractivity (Wildman–Crippen MR) is 92.8 cm³/mol. The van der Waals surface area contributed by atoms with Crippen LogP contribution in [0, 0.1) is 5.82 Å². The first-order valence-electron chi connectivity index (χ1n) is 8.57. The van der Waals surface area contributed by atoms with Crippen LogP contribution in [0.4, 0.5) is 4.39 Å². The smallest absolute Gasteiger partial charge is 0.277 e. The number of aromatic amines is 1. The number of hydrogen-bond donors (Lipinski definition) is 2. The highest BCUT2D eigenvalue weighted by Gasteiger charge is 2.17. The summed E-state index contributed by atoms with van der Waals surface area (Å²) < 4.78 is 14.8. The van der Waals surface area contributed by atoms with E-state index in [-0.39, 0.29) is 36.3 Å². The number of hydrogen-bond acceptors (Lipinski definition) is 3. The van der Waals surface area contributed by atoms with E-state index in [1.807, 2.05) is 0 Å². The first-order chi connectivity index (χ1) is 12.1. The zero-order valence-electron chi connectivity index (χ0n) is 13.7. The second-order valence-corrected chi connectivity index (χ2v) is 6.58. The number of carbonyl (C=O) groups is 1. The summed E-state index contributed by atoms with van der Waals surface area (Å²) in [6.45, 7) is 0.268. The Labute approximate surface area is 143 Å². The summed E-state index contributed by atoms with van der Waals surface area (Å²) in [5, 5.41) is 3.59. The van der Waals surface area contributed by atoms with E-state index in [0.717, 1.165) is 25.7 Å². The van der Waals surface area contributed by atoms with Gasteiger partial charge in [0.1, 0.15) is 16.9 Å². The number of carbonyl (C=O) groups excluding carboxylic acids is 1. The molecule has 2 aromatic heterocycles. The van der Waals surface area contributed by atoms with Crippen molar-refractivity contribution in [1.29, 1.82) is 0 Å². The molecule has 0 unspecified atom stereocenters. The van der Waals surface area contributed by atoms with E-state index < -0.39 is 0 Å². The highest BCUT2D eigenvalue weighted by atomic mass is 19.1. The number of rotatable bonds is 4. The Hall–Kier alpha value is -2.70. The summed E-state index contributed by atoms with van der Waals surface area (Å²) in [4.78, 5) is 31.9. The van der Waals surface area contributed by atoms with Gasteiger partial charge in [-0.2, -0.15) is 0 Å². The van der Waals surface area contributed by atoms with Gasteiger partial charge in [0.25, 0.3) is 5.56 Å². The van der Waals surface area contributed by atoms with E-state index in [0.29, 0.717) is 21.9 Å². The Morgan fingerprint density at radius 2 is 2.16 bits per heavy atom. The Kier molecular flexibility index (Phi) is 3.99. The van der Waals surface area contributed by atoms with Crippen LogP contribution < -0.4 is 10.9 Å². The van der Waals surface area contributed by atoms with Crippen molar-refractivity contribution >= 4 is 27.8 Å². The van der Waals surface area contributed by atoms with Crippen LogP contribution in [0.2, 0.25) is 0 Å². The minimum atomic E-state index is -0.372. The number of nitrogens with zero attached hydrogens (tertiary/aromatic N) is 2. The fourth-order valence-corrected chi connectivity index (χ4v) is 3.51. The number of H-pyrrole nitrogens is 1. The molecule has 1 aromatic carbocycles. The zero-order chi connectivity index (χ0) is 17.4. The lowest BCUT2D eigenvalue weighted by atomic mass is 10.2. The third-order valence-electron chi connectivity index (χ3n) is 4.83. The van der Waals surface area contributed by atoms with Crippen molar-refractivity contribution in [3.63, 3.8) is 0 Å². The summed E-state index contributed by atoms with van der Waals surface area (Å²) in [6, 6.07) is 4.56. The fraction of sp³-hybridized carbons (Fsp3) is 0.389. The van der Waals surface area contributed by atoms with E-state index >= 15 is 0 Å². The maximum absolute atomic E-state index is 13.4. The topological polar surface area (TPSA) is 79.8 Å². The molecule has 4 rings (SSSR count). The van der Waals surface area contributed by atoms with Gasteiger partial charge < -0.3 is 10.3 Å². The molecule has 3 aromatic rings. The second-order valence-electron chi connectivity index (χ2n) is 6.58. The largest absolute Gasteiger partial charge is 0.353 e. The molecule has 25 heavy (non-hydrogen) atoms.